The van der Waals surface area contributed by atoms with E-state index in [1.165, 1.54) is 19.3 Å². The number of nitrogens with one attached hydrogen (secondary N) is 1. The summed E-state index contributed by atoms with van der Waals surface area (Å²) in [5.74, 6) is 0.770. The molecule has 0 amide bonds. The summed E-state index contributed by atoms with van der Waals surface area (Å²) in [4.78, 5) is 0. The molecule has 3 heteroatoms. The van der Waals surface area contributed by atoms with E-state index in [2.05, 4.69) is 5.32 Å². The molecule has 1 aliphatic carbocycles. The molecule has 11 heavy (non-hydrogen) atoms. The molecule has 0 bridgehead atoms. The number of aliphatic hydroxyl groups is 1. The highest BCUT2D eigenvalue weighted by molar-refractivity contribution is 4.83. The van der Waals surface area contributed by atoms with Crippen molar-refractivity contribution in [2.75, 3.05) is 19.7 Å². The van der Waals surface area contributed by atoms with Gasteiger partial charge in [0.15, 0.2) is 0 Å². The molecule has 1 atom stereocenters. The van der Waals surface area contributed by atoms with E-state index in [9.17, 15) is 0 Å². The highest BCUT2D eigenvalue weighted by Gasteiger charge is 2.25. The Kier molecular flexibility index (Phi) is 3.83. The second kappa shape index (κ2) is 4.70. The lowest BCUT2D eigenvalue weighted by molar-refractivity contribution is 0.214. The first-order valence-electron chi connectivity index (χ1n) is 4.42. The van der Waals surface area contributed by atoms with E-state index in [4.69, 9.17) is 10.8 Å². The first kappa shape index (κ1) is 8.97. The van der Waals surface area contributed by atoms with E-state index < -0.39 is 0 Å². The minimum atomic E-state index is 0.212. The van der Waals surface area contributed by atoms with Gasteiger partial charge in [-0.25, -0.2) is 0 Å². The third kappa shape index (κ3) is 2.43. The van der Waals surface area contributed by atoms with E-state index in [0.717, 1.165) is 5.92 Å². The molecule has 0 heterocycles. The van der Waals surface area contributed by atoms with Gasteiger partial charge in [-0.1, -0.05) is 6.42 Å². The molecule has 1 unspecified atom stereocenters. The van der Waals surface area contributed by atoms with Crippen LogP contribution in [0.3, 0.4) is 0 Å². The zero-order valence-electron chi connectivity index (χ0n) is 6.92. The third-order valence-electron chi connectivity index (χ3n) is 2.49. The number of rotatable bonds is 5. The van der Waals surface area contributed by atoms with Crippen LogP contribution in [0.15, 0.2) is 0 Å². The summed E-state index contributed by atoms with van der Waals surface area (Å²) < 4.78 is 0. The van der Waals surface area contributed by atoms with Gasteiger partial charge in [-0.3, -0.25) is 0 Å². The Labute approximate surface area is 68.0 Å². The molecule has 1 aliphatic rings. The highest BCUT2D eigenvalue weighted by Crippen LogP contribution is 2.28. The number of nitrogens with two attached hydrogens (primary N) is 1. The van der Waals surface area contributed by atoms with Gasteiger partial charge < -0.3 is 16.2 Å². The minimum Gasteiger partial charge on any atom is -0.395 e. The second-order valence-corrected chi connectivity index (χ2v) is 3.21. The van der Waals surface area contributed by atoms with Crippen molar-refractivity contribution in [3.8, 4) is 0 Å². The Bertz CT molecular complexity index is 104. The SMILES string of the molecule is NCC(NCCO)C1CCC1. The van der Waals surface area contributed by atoms with Gasteiger partial charge in [0, 0.05) is 19.1 Å². The normalized spacial score (nSPS) is 21.3. The maximum Gasteiger partial charge on any atom is 0.0556 e. The Balaban J connectivity index is 2.13. The minimum absolute atomic E-state index is 0.212. The van der Waals surface area contributed by atoms with Crippen LogP contribution in [0.4, 0.5) is 0 Å². The highest BCUT2D eigenvalue weighted by atomic mass is 16.3. The molecule has 1 fully saturated rings. The quantitative estimate of drug-likeness (QED) is 0.514. The molecule has 4 N–H and O–H groups in total. The van der Waals surface area contributed by atoms with E-state index in [1.807, 2.05) is 0 Å². The summed E-state index contributed by atoms with van der Waals surface area (Å²) in [7, 11) is 0. The number of hydrogen-bond acceptors (Lipinski definition) is 3. The fraction of sp³-hybridized carbons (Fsp3) is 1.00. The van der Waals surface area contributed by atoms with Crippen molar-refractivity contribution >= 4 is 0 Å². The Morgan fingerprint density at radius 3 is 2.64 bits per heavy atom. The summed E-state index contributed by atoms with van der Waals surface area (Å²) >= 11 is 0. The van der Waals surface area contributed by atoms with Gasteiger partial charge in [0.05, 0.1) is 6.61 Å². The number of hydrogen-bond donors (Lipinski definition) is 3. The average Bonchev–Trinajstić information content (AvgIpc) is 1.93. The van der Waals surface area contributed by atoms with Crippen molar-refractivity contribution in [2.24, 2.45) is 11.7 Å². The third-order valence-corrected chi connectivity index (χ3v) is 2.49. The molecule has 0 spiro atoms. The van der Waals surface area contributed by atoms with Crippen molar-refractivity contribution in [1.82, 2.24) is 5.32 Å². The lowest BCUT2D eigenvalue weighted by Crippen LogP contribution is -2.45. The fourth-order valence-electron chi connectivity index (χ4n) is 1.53. The van der Waals surface area contributed by atoms with Crippen molar-refractivity contribution in [1.29, 1.82) is 0 Å². The molecule has 66 valence electrons. The second-order valence-electron chi connectivity index (χ2n) is 3.21. The van der Waals surface area contributed by atoms with Gasteiger partial charge >= 0.3 is 0 Å². The molecule has 1 saturated carbocycles. The van der Waals surface area contributed by atoms with Gasteiger partial charge in [0.1, 0.15) is 0 Å². The summed E-state index contributed by atoms with van der Waals surface area (Å²) in [6.45, 7) is 1.59. The zero-order valence-corrected chi connectivity index (χ0v) is 6.92. The average molecular weight is 158 g/mol. The summed E-state index contributed by atoms with van der Waals surface area (Å²) in [6.07, 6.45) is 3.96. The first-order chi connectivity index (χ1) is 5.38. The maximum absolute atomic E-state index is 8.58. The van der Waals surface area contributed by atoms with Crippen LogP contribution in [-0.2, 0) is 0 Å². The molecule has 0 radical (unpaired) electrons. The lowest BCUT2D eigenvalue weighted by Gasteiger charge is -2.33. The predicted molar refractivity (Wildman–Crippen MR) is 45.3 cm³/mol. The van der Waals surface area contributed by atoms with Gasteiger partial charge in [0.25, 0.3) is 0 Å². The Hall–Kier alpha value is -0.120. The van der Waals surface area contributed by atoms with Crippen LogP contribution in [0.1, 0.15) is 19.3 Å². The summed E-state index contributed by atoms with van der Waals surface area (Å²) in [6, 6.07) is 0.441. The lowest BCUT2D eigenvalue weighted by atomic mass is 9.80. The van der Waals surface area contributed by atoms with Crippen molar-refractivity contribution in [3.05, 3.63) is 0 Å². The molecule has 0 aromatic carbocycles. The summed E-state index contributed by atoms with van der Waals surface area (Å²) in [5.41, 5.74) is 5.58. The van der Waals surface area contributed by atoms with Gasteiger partial charge in [-0.05, 0) is 18.8 Å². The Morgan fingerprint density at radius 1 is 1.55 bits per heavy atom. The maximum atomic E-state index is 8.58. The zero-order chi connectivity index (χ0) is 8.10. The fourth-order valence-corrected chi connectivity index (χ4v) is 1.53. The van der Waals surface area contributed by atoms with Crippen LogP contribution in [-0.4, -0.2) is 30.8 Å². The topological polar surface area (TPSA) is 58.3 Å². The summed E-state index contributed by atoms with van der Waals surface area (Å²) in [5, 5.41) is 11.8. The molecular formula is C8H18N2O. The van der Waals surface area contributed by atoms with E-state index >= 15 is 0 Å². The molecule has 0 saturated heterocycles. The van der Waals surface area contributed by atoms with Crippen LogP contribution in [0.25, 0.3) is 0 Å². The van der Waals surface area contributed by atoms with Crippen molar-refractivity contribution < 1.29 is 5.11 Å². The largest absolute Gasteiger partial charge is 0.395 e. The molecule has 0 aliphatic heterocycles. The van der Waals surface area contributed by atoms with E-state index in [1.54, 1.807) is 0 Å². The van der Waals surface area contributed by atoms with Gasteiger partial charge in [-0.15, -0.1) is 0 Å². The van der Waals surface area contributed by atoms with Crippen LogP contribution >= 0.6 is 0 Å². The standard InChI is InChI=1S/C8H18N2O/c9-6-8(10-4-5-11)7-2-1-3-7/h7-8,10-11H,1-6,9H2. The van der Waals surface area contributed by atoms with E-state index in [-0.39, 0.29) is 6.61 Å². The Morgan fingerprint density at radius 2 is 2.27 bits per heavy atom. The van der Waals surface area contributed by atoms with E-state index in [0.29, 0.717) is 19.1 Å². The van der Waals surface area contributed by atoms with Gasteiger partial charge in [-0.2, -0.15) is 0 Å². The molecular weight excluding hydrogens is 140 g/mol. The van der Waals surface area contributed by atoms with Crippen LogP contribution in [0.5, 0.6) is 0 Å². The number of aliphatic hydroxyl groups excluding tert-OH is 1. The predicted octanol–water partition coefficient (Wildman–Crippen LogP) is -0.304. The van der Waals surface area contributed by atoms with Crippen LogP contribution in [0.2, 0.25) is 0 Å². The monoisotopic (exact) mass is 158 g/mol. The van der Waals surface area contributed by atoms with Crippen molar-refractivity contribution in [3.63, 3.8) is 0 Å². The molecule has 0 aromatic rings. The first-order valence-corrected chi connectivity index (χ1v) is 4.42. The smallest absolute Gasteiger partial charge is 0.0556 e. The van der Waals surface area contributed by atoms with Gasteiger partial charge in [0.2, 0.25) is 0 Å². The molecule has 0 aromatic heterocycles. The van der Waals surface area contributed by atoms with Crippen LogP contribution in [0, 0.1) is 5.92 Å². The molecule has 1 rings (SSSR count). The van der Waals surface area contributed by atoms with Crippen molar-refractivity contribution in [2.45, 2.75) is 25.3 Å². The van der Waals surface area contributed by atoms with Crippen LogP contribution < -0.4 is 11.1 Å². The molecule has 3 nitrogen and oxygen atoms in total.